The molecule has 7 heavy (non-hydrogen) atoms. The summed E-state index contributed by atoms with van der Waals surface area (Å²) in [5.41, 5.74) is 0. The standard InChI is InChI=1S/Cu.Na.H2O3S2/c;;1-5(2,3)4/h;;(H2,1,2,3,4)/q2*+1;/p-2. The van der Waals surface area contributed by atoms with E-state index in [2.05, 4.69) is 11.2 Å². The molecule has 0 N–H and O–H groups in total. The Morgan fingerprint density at radius 1 is 1.43 bits per heavy atom. The molecule has 0 spiro atoms. The third-order valence-electron chi connectivity index (χ3n) is 0. The zero-order valence-corrected chi connectivity index (χ0v) is 7.92. The molecule has 0 fully saturated rings. The summed E-state index contributed by atoms with van der Waals surface area (Å²) >= 11 is 3.24. The Morgan fingerprint density at radius 2 is 1.43 bits per heavy atom. The Hall–Kier alpha value is 1.81. The van der Waals surface area contributed by atoms with E-state index in [9.17, 15) is 0 Å². The molecule has 0 aliphatic heterocycles. The van der Waals surface area contributed by atoms with Crippen molar-refractivity contribution in [3.63, 3.8) is 0 Å². The molecule has 0 rings (SSSR count). The molecular weight excluding hydrogens is 199 g/mol. The fraction of sp³-hybridized carbons (Fsp3) is 0. The van der Waals surface area contributed by atoms with Crippen LogP contribution >= 0.6 is 0 Å². The van der Waals surface area contributed by atoms with Gasteiger partial charge in [-0.1, -0.05) is 0 Å². The van der Waals surface area contributed by atoms with Crippen molar-refractivity contribution in [2.24, 2.45) is 0 Å². The van der Waals surface area contributed by atoms with Gasteiger partial charge in [0.05, 0.1) is 0 Å². The smallest absolute Gasteiger partial charge is 0.780 e. The molecule has 7 heteroatoms. The summed E-state index contributed by atoms with van der Waals surface area (Å²) in [5, 5.41) is 0. The number of hydrogen-bond acceptors (Lipinski definition) is 4. The van der Waals surface area contributed by atoms with Crippen molar-refractivity contribution in [2.75, 3.05) is 0 Å². The van der Waals surface area contributed by atoms with Gasteiger partial charge in [0.2, 0.25) is 0 Å². The summed E-state index contributed by atoms with van der Waals surface area (Å²) in [4.78, 5) is 0. The molecule has 0 amide bonds. The van der Waals surface area contributed by atoms with Gasteiger partial charge in [-0.25, -0.2) is 0 Å². The Kier molecular flexibility index (Phi) is 13.5. The maximum Gasteiger partial charge on any atom is 1.00 e. The third kappa shape index (κ3) is 80.5. The van der Waals surface area contributed by atoms with Gasteiger partial charge >= 0.3 is 46.6 Å². The third-order valence-corrected chi connectivity index (χ3v) is 0. The number of hydrogen-bond donors (Lipinski definition) is 0. The molecule has 0 bridgehead atoms. The van der Waals surface area contributed by atoms with Crippen molar-refractivity contribution >= 4 is 20.2 Å². The van der Waals surface area contributed by atoms with Gasteiger partial charge < -0.3 is 9.11 Å². The van der Waals surface area contributed by atoms with E-state index in [0.29, 0.717) is 0 Å². The van der Waals surface area contributed by atoms with Crippen LogP contribution in [-0.2, 0) is 37.3 Å². The Labute approximate surface area is 79.3 Å². The van der Waals surface area contributed by atoms with Gasteiger partial charge in [0.25, 0.3) is 0 Å². The first-order chi connectivity index (χ1) is 2.00. The van der Waals surface area contributed by atoms with E-state index in [-0.39, 0.29) is 46.6 Å². The van der Waals surface area contributed by atoms with Crippen molar-refractivity contribution in [3.05, 3.63) is 0 Å². The summed E-state index contributed by atoms with van der Waals surface area (Å²) < 4.78 is 26.7. The van der Waals surface area contributed by atoms with Crippen LogP contribution in [0.15, 0.2) is 0 Å². The topological polar surface area (TPSA) is 63.2 Å². The molecule has 0 atom stereocenters. The summed E-state index contributed by atoms with van der Waals surface area (Å²) in [7, 11) is -4.33. The predicted octanol–water partition coefficient (Wildman–Crippen LogP) is -4.00. The van der Waals surface area contributed by atoms with Crippen LogP contribution in [-0.4, -0.2) is 13.3 Å². The first-order valence-corrected chi connectivity index (χ1v) is 3.00. The fourth-order valence-electron chi connectivity index (χ4n) is 0. The molecule has 42 valence electrons. The molecule has 0 aliphatic carbocycles. The zero-order valence-electron chi connectivity index (χ0n) is 3.34. The van der Waals surface area contributed by atoms with Crippen molar-refractivity contribution in [1.82, 2.24) is 0 Å². The molecule has 0 aromatic heterocycles. The average molecular weight is 199 g/mol. The molecule has 0 aromatic carbocycles. The van der Waals surface area contributed by atoms with Gasteiger partial charge in [0.1, 0.15) is 0 Å². The van der Waals surface area contributed by atoms with E-state index < -0.39 is 9.05 Å². The second-order valence-corrected chi connectivity index (χ2v) is 2.45. The molecular formula is CuNaO3S2. The van der Waals surface area contributed by atoms with Crippen LogP contribution < -0.4 is 29.6 Å². The maximum absolute atomic E-state index is 8.89. The monoisotopic (exact) mass is 198 g/mol. The molecule has 0 aliphatic rings. The summed E-state index contributed by atoms with van der Waals surface area (Å²) in [6, 6.07) is 0. The van der Waals surface area contributed by atoms with Gasteiger partial charge in [-0.3, -0.25) is 4.21 Å². The van der Waals surface area contributed by atoms with E-state index in [1.54, 1.807) is 0 Å². The molecule has 0 saturated carbocycles. The van der Waals surface area contributed by atoms with Crippen molar-refractivity contribution < 1.29 is 59.9 Å². The SMILES string of the molecule is O=S([O-])([O-])=S.[Cu+].[Na+]. The second kappa shape index (κ2) is 5.94. The predicted molar refractivity (Wildman–Crippen MR) is 17.1 cm³/mol. The van der Waals surface area contributed by atoms with E-state index >= 15 is 0 Å². The van der Waals surface area contributed by atoms with Crippen LogP contribution in [0, 0.1) is 0 Å². The minimum atomic E-state index is -4.33. The van der Waals surface area contributed by atoms with Crippen molar-refractivity contribution in [1.29, 1.82) is 0 Å². The van der Waals surface area contributed by atoms with Gasteiger partial charge in [-0.05, 0) is 11.2 Å². The van der Waals surface area contributed by atoms with Gasteiger partial charge in [-0.2, -0.15) is 0 Å². The molecule has 0 unspecified atom stereocenters. The number of rotatable bonds is 0. The van der Waals surface area contributed by atoms with Gasteiger partial charge in [0.15, 0.2) is 0 Å². The van der Waals surface area contributed by atoms with Gasteiger partial charge in [-0.15, -0.1) is 9.05 Å². The molecule has 0 saturated heterocycles. The quantitative estimate of drug-likeness (QED) is 0.372. The zero-order chi connectivity index (χ0) is 4.50. The first kappa shape index (κ1) is 15.9. The summed E-state index contributed by atoms with van der Waals surface area (Å²) in [5.74, 6) is 0. The molecule has 0 aromatic rings. The summed E-state index contributed by atoms with van der Waals surface area (Å²) in [6.45, 7) is 0. The Bertz CT molecular complexity index is 96.1. The fourth-order valence-corrected chi connectivity index (χ4v) is 0. The van der Waals surface area contributed by atoms with E-state index in [1.165, 1.54) is 0 Å². The van der Waals surface area contributed by atoms with Crippen LogP contribution in [0.3, 0.4) is 0 Å². The Morgan fingerprint density at radius 3 is 1.43 bits per heavy atom. The minimum absolute atomic E-state index is 0. The maximum atomic E-state index is 8.89. The van der Waals surface area contributed by atoms with E-state index in [1.807, 2.05) is 0 Å². The van der Waals surface area contributed by atoms with Crippen LogP contribution in [0.4, 0.5) is 0 Å². The van der Waals surface area contributed by atoms with Crippen LogP contribution in [0.2, 0.25) is 0 Å². The molecule has 0 radical (unpaired) electrons. The normalized spacial score (nSPS) is 8.29. The van der Waals surface area contributed by atoms with Crippen molar-refractivity contribution in [2.45, 2.75) is 0 Å². The largest absolute Gasteiger partial charge is 1.00 e. The van der Waals surface area contributed by atoms with E-state index in [4.69, 9.17) is 13.3 Å². The van der Waals surface area contributed by atoms with Crippen LogP contribution in [0.1, 0.15) is 0 Å². The molecule has 0 heterocycles. The molecule has 3 nitrogen and oxygen atoms in total. The summed E-state index contributed by atoms with van der Waals surface area (Å²) in [6.07, 6.45) is 0. The average Bonchev–Trinajstić information content (AvgIpc) is 0.722. The second-order valence-electron chi connectivity index (χ2n) is 0.408. The van der Waals surface area contributed by atoms with Crippen LogP contribution in [0.5, 0.6) is 0 Å². The van der Waals surface area contributed by atoms with Crippen LogP contribution in [0.25, 0.3) is 0 Å². The van der Waals surface area contributed by atoms with Gasteiger partial charge in [0, 0.05) is 0 Å². The minimum Gasteiger partial charge on any atom is -0.780 e. The Balaban J connectivity index is -0.0000000800. The first-order valence-electron chi connectivity index (χ1n) is 0.667. The van der Waals surface area contributed by atoms with E-state index in [0.717, 1.165) is 0 Å². The van der Waals surface area contributed by atoms with Crippen molar-refractivity contribution in [3.8, 4) is 0 Å².